The van der Waals surface area contributed by atoms with Crippen LogP contribution in [0.5, 0.6) is 0 Å². The average Bonchev–Trinajstić information content (AvgIpc) is 2.37. The number of morpholine rings is 1. The van der Waals surface area contributed by atoms with Crippen LogP contribution >= 0.6 is 0 Å². The van der Waals surface area contributed by atoms with E-state index < -0.39 is 17.6 Å². The van der Waals surface area contributed by atoms with Crippen LogP contribution in [0.2, 0.25) is 0 Å². The van der Waals surface area contributed by atoms with Gasteiger partial charge in [0, 0.05) is 13.0 Å². The van der Waals surface area contributed by atoms with Gasteiger partial charge < -0.3 is 15.2 Å². The molecule has 106 valence electrons. The zero-order valence-electron chi connectivity index (χ0n) is 11.2. The van der Waals surface area contributed by atoms with E-state index in [1.54, 1.807) is 6.92 Å². The second-order valence-corrected chi connectivity index (χ2v) is 5.55. The van der Waals surface area contributed by atoms with Crippen LogP contribution in [0.1, 0.15) is 39.0 Å². The fourth-order valence-corrected chi connectivity index (χ4v) is 2.74. The van der Waals surface area contributed by atoms with E-state index in [2.05, 4.69) is 17.5 Å². The molecule has 3 unspecified atom stereocenters. The molecule has 2 N–H and O–H groups in total. The molecule has 1 amide bonds. The predicted molar refractivity (Wildman–Crippen MR) is 69.2 cm³/mol. The fraction of sp³-hybridized carbons (Fsp3) is 0.714. The van der Waals surface area contributed by atoms with Gasteiger partial charge in [-0.15, -0.1) is 0 Å². The van der Waals surface area contributed by atoms with E-state index in [0.717, 1.165) is 19.3 Å². The summed E-state index contributed by atoms with van der Waals surface area (Å²) in [7, 11) is 0. The minimum atomic E-state index is -0.949. The minimum Gasteiger partial charge on any atom is -0.450 e. The number of amides is 1. The van der Waals surface area contributed by atoms with Crippen molar-refractivity contribution in [2.45, 2.75) is 50.7 Å². The molecule has 3 atom stereocenters. The lowest BCUT2D eigenvalue weighted by Crippen LogP contribution is -2.62. The van der Waals surface area contributed by atoms with Gasteiger partial charge in [-0.3, -0.25) is 4.79 Å². The highest BCUT2D eigenvalue weighted by molar-refractivity contribution is 5.95. The van der Waals surface area contributed by atoms with Crippen LogP contribution in [0.4, 0.5) is 0 Å². The summed E-state index contributed by atoms with van der Waals surface area (Å²) in [5, 5.41) is 11.6. The molecular weight excluding hydrogens is 246 g/mol. The van der Waals surface area contributed by atoms with Gasteiger partial charge in [0.05, 0.1) is 0 Å². The van der Waals surface area contributed by atoms with Crippen LogP contribution < -0.4 is 5.32 Å². The monoisotopic (exact) mass is 267 g/mol. The van der Waals surface area contributed by atoms with Crippen molar-refractivity contribution in [3.63, 3.8) is 0 Å². The topological polar surface area (TPSA) is 75.6 Å². The maximum Gasteiger partial charge on any atom is 0.332 e. The molecular formula is C14H21NO4. The van der Waals surface area contributed by atoms with Crippen molar-refractivity contribution < 1.29 is 19.4 Å². The molecule has 1 saturated heterocycles. The molecule has 0 aromatic carbocycles. The second-order valence-electron chi connectivity index (χ2n) is 5.55. The number of esters is 1. The summed E-state index contributed by atoms with van der Waals surface area (Å²) in [6.07, 6.45) is 7.35. The normalized spacial score (nSPS) is 34.8. The Bertz CT molecular complexity index is 393. The number of ether oxygens (including phenoxy) is 1. The molecule has 2 aliphatic rings. The van der Waals surface area contributed by atoms with E-state index >= 15 is 0 Å². The molecule has 1 fully saturated rings. The molecule has 0 aromatic rings. The Balaban J connectivity index is 2.02. The number of nitrogens with one attached hydrogen (secondary N) is 1. The Labute approximate surface area is 113 Å². The predicted octanol–water partition coefficient (Wildman–Crippen LogP) is 0.915. The van der Waals surface area contributed by atoms with Crippen molar-refractivity contribution in [2.24, 2.45) is 5.92 Å². The number of hydrogen-bond acceptors (Lipinski definition) is 4. The Morgan fingerprint density at radius 1 is 1.53 bits per heavy atom. The first-order chi connectivity index (χ1) is 9.05. The van der Waals surface area contributed by atoms with Gasteiger partial charge in [0.25, 0.3) is 5.91 Å². The van der Waals surface area contributed by atoms with Crippen molar-refractivity contribution in [1.29, 1.82) is 0 Å². The van der Waals surface area contributed by atoms with Crippen molar-refractivity contribution in [3.05, 3.63) is 12.2 Å². The maximum absolute atomic E-state index is 12.1. The molecule has 19 heavy (non-hydrogen) atoms. The molecule has 0 radical (unpaired) electrons. The number of carbonyl (C=O) groups is 2. The third-order valence-corrected chi connectivity index (χ3v) is 3.81. The highest BCUT2D eigenvalue weighted by Crippen LogP contribution is 2.29. The van der Waals surface area contributed by atoms with E-state index in [0.29, 0.717) is 12.3 Å². The summed E-state index contributed by atoms with van der Waals surface area (Å²) in [6, 6.07) is 0. The van der Waals surface area contributed by atoms with Gasteiger partial charge in [0.2, 0.25) is 0 Å². The molecule has 0 bridgehead atoms. The third kappa shape index (κ3) is 3.15. The molecule has 1 aliphatic carbocycles. The zero-order valence-corrected chi connectivity index (χ0v) is 11.2. The number of aliphatic hydroxyl groups is 1. The summed E-state index contributed by atoms with van der Waals surface area (Å²) in [5.41, 5.74) is -0.949. The van der Waals surface area contributed by atoms with Crippen molar-refractivity contribution >= 4 is 11.9 Å². The molecule has 1 heterocycles. The molecule has 5 nitrogen and oxygen atoms in total. The summed E-state index contributed by atoms with van der Waals surface area (Å²) in [6.45, 7) is 1.54. The van der Waals surface area contributed by atoms with Crippen LogP contribution in [0.25, 0.3) is 0 Å². The average molecular weight is 267 g/mol. The SMILES string of the molecule is CC1(CC2C=CCCC2)NC(=O)C(CCO)OC1=O. The van der Waals surface area contributed by atoms with Crippen LogP contribution in [-0.2, 0) is 14.3 Å². The summed E-state index contributed by atoms with van der Waals surface area (Å²) in [5.74, 6) is -0.401. The molecule has 5 heteroatoms. The van der Waals surface area contributed by atoms with E-state index in [-0.39, 0.29) is 18.9 Å². The standard InChI is InChI=1S/C14H21NO4/c1-14(9-10-5-3-2-4-6-10)13(18)19-11(7-8-16)12(17)15-14/h3,5,10-11,16H,2,4,6-9H2,1H3,(H,15,17). The Hall–Kier alpha value is -1.36. The van der Waals surface area contributed by atoms with Crippen LogP contribution in [0.15, 0.2) is 12.2 Å². The van der Waals surface area contributed by atoms with Gasteiger partial charge >= 0.3 is 5.97 Å². The zero-order chi connectivity index (χ0) is 13.9. The molecule has 0 spiro atoms. The smallest absolute Gasteiger partial charge is 0.332 e. The first-order valence-electron chi connectivity index (χ1n) is 6.86. The van der Waals surface area contributed by atoms with Gasteiger partial charge in [-0.05, 0) is 38.5 Å². The van der Waals surface area contributed by atoms with Crippen LogP contribution in [0, 0.1) is 5.92 Å². The summed E-state index contributed by atoms with van der Waals surface area (Å²) in [4.78, 5) is 23.9. The van der Waals surface area contributed by atoms with Gasteiger partial charge in [-0.1, -0.05) is 12.2 Å². The molecule has 2 rings (SSSR count). The Kier molecular flexibility index (Phi) is 4.24. The maximum atomic E-state index is 12.1. The van der Waals surface area contributed by atoms with Crippen LogP contribution in [0.3, 0.4) is 0 Å². The number of aliphatic hydroxyl groups excluding tert-OH is 1. The number of carbonyl (C=O) groups excluding carboxylic acids is 2. The first-order valence-corrected chi connectivity index (χ1v) is 6.86. The van der Waals surface area contributed by atoms with Crippen molar-refractivity contribution in [1.82, 2.24) is 5.32 Å². The number of allylic oxidation sites excluding steroid dienone is 2. The number of rotatable bonds is 4. The van der Waals surface area contributed by atoms with Gasteiger partial charge in [-0.25, -0.2) is 4.79 Å². The Morgan fingerprint density at radius 2 is 2.32 bits per heavy atom. The largest absolute Gasteiger partial charge is 0.450 e. The Morgan fingerprint density at radius 3 is 2.95 bits per heavy atom. The van der Waals surface area contributed by atoms with Crippen LogP contribution in [-0.4, -0.2) is 35.2 Å². The highest BCUT2D eigenvalue weighted by atomic mass is 16.6. The van der Waals surface area contributed by atoms with Crippen molar-refractivity contribution in [2.75, 3.05) is 6.61 Å². The lowest BCUT2D eigenvalue weighted by Gasteiger charge is -2.38. The third-order valence-electron chi connectivity index (χ3n) is 3.81. The highest BCUT2D eigenvalue weighted by Gasteiger charge is 2.45. The molecule has 0 aromatic heterocycles. The van der Waals surface area contributed by atoms with Gasteiger partial charge in [0.1, 0.15) is 5.54 Å². The summed E-state index contributed by atoms with van der Waals surface area (Å²) < 4.78 is 5.16. The van der Waals surface area contributed by atoms with Crippen molar-refractivity contribution in [3.8, 4) is 0 Å². The lowest BCUT2D eigenvalue weighted by atomic mass is 9.82. The van der Waals surface area contributed by atoms with Gasteiger partial charge in [0.15, 0.2) is 6.10 Å². The van der Waals surface area contributed by atoms with E-state index in [9.17, 15) is 9.59 Å². The number of cyclic esters (lactones) is 1. The van der Waals surface area contributed by atoms with E-state index in [1.165, 1.54) is 0 Å². The molecule has 0 saturated carbocycles. The van der Waals surface area contributed by atoms with Gasteiger partial charge in [-0.2, -0.15) is 0 Å². The van der Waals surface area contributed by atoms with E-state index in [4.69, 9.17) is 9.84 Å². The fourth-order valence-electron chi connectivity index (χ4n) is 2.74. The quantitative estimate of drug-likeness (QED) is 0.586. The molecule has 1 aliphatic heterocycles. The summed E-state index contributed by atoms with van der Waals surface area (Å²) >= 11 is 0. The van der Waals surface area contributed by atoms with E-state index in [1.807, 2.05) is 0 Å². The number of hydrogen-bond donors (Lipinski definition) is 2. The first kappa shape index (κ1) is 14.1. The second kappa shape index (κ2) is 5.74. The minimum absolute atomic E-state index is 0.150. The lowest BCUT2D eigenvalue weighted by molar-refractivity contribution is -0.173.